The average Bonchev–Trinajstić information content (AvgIpc) is 2.74. The van der Waals surface area contributed by atoms with E-state index in [9.17, 15) is 9.59 Å². The van der Waals surface area contributed by atoms with Crippen LogP contribution in [0.15, 0.2) is 24.3 Å². The second-order valence-electron chi connectivity index (χ2n) is 7.91. The molecule has 0 bridgehead atoms. The number of rotatable bonds is 5. The molecule has 0 radical (unpaired) electrons. The van der Waals surface area contributed by atoms with Crippen LogP contribution in [-0.4, -0.2) is 53.8 Å². The molecule has 2 amide bonds. The zero-order chi connectivity index (χ0) is 19.2. The SMILES string of the molecule is CCc1ccc(NC(=O)C(C)N2CCC(C(=O)N3CCCCC3)CC2)cc1. The summed E-state index contributed by atoms with van der Waals surface area (Å²) in [6, 6.07) is 7.86. The van der Waals surface area contributed by atoms with Gasteiger partial charge in [-0.25, -0.2) is 0 Å². The second kappa shape index (κ2) is 9.36. The van der Waals surface area contributed by atoms with Crippen molar-refractivity contribution >= 4 is 17.5 Å². The van der Waals surface area contributed by atoms with Gasteiger partial charge in [0, 0.05) is 24.7 Å². The minimum atomic E-state index is -0.179. The average molecular weight is 372 g/mol. The van der Waals surface area contributed by atoms with Crippen molar-refractivity contribution in [3.8, 4) is 0 Å². The van der Waals surface area contributed by atoms with Crippen LogP contribution in [0.2, 0.25) is 0 Å². The number of anilines is 1. The first kappa shape index (κ1) is 19.9. The van der Waals surface area contributed by atoms with E-state index in [0.29, 0.717) is 5.91 Å². The Morgan fingerprint density at radius 1 is 1.04 bits per heavy atom. The molecular formula is C22H33N3O2. The number of carbonyl (C=O) groups is 2. The van der Waals surface area contributed by atoms with Crippen molar-refractivity contribution in [1.82, 2.24) is 9.80 Å². The predicted molar refractivity (Wildman–Crippen MR) is 109 cm³/mol. The van der Waals surface area contributed by atoms with E-state index in [-0.39, 0.29) is 17.9 Å². The number of hydrogen-bond donors (Lipinski definition) is 1. The molecule has 0 saturated carbocycles. The highest BCUT2D eigenvalue weighted by Gasteiger charge is 2.32. The Morgan fingerprint density at radius 2 is 1.67 bits per heavy atom. The molecular weight excluding hydrogens is 338 g/mol. The van der Waals surface area contributed by atoms with Crippen molar-refractivity contribution in [3.63, 3.8) is 0 Å². The standard InChI is InChI=1S/C22H33N3O2/c1-3-18-7-9-20(10-8-18)23-21(26)17(2)24-15-11-19(12-16-24)22(27)25-13-5-4-6-14-25/h7-10,17,19H,3-6,11-16H2,1-2H3,(H,23,26). The third-order valence-corrected chi connectivity index (χ3v) is 6.10. The number of carbonyl (C=O) groups excluding carboxylic acids is 2. The van der Waals surface area contributed by atoms with Crippen LogP contribution in [0.3, 0.4) is 0 Å². The molecule has 1 N–H and O–H groups in total. The molecule has 2 heterocycles. The number of likely N-dealkylation sites (tertiary alicyclic amines) is 2. The molecule has 1 atom stereocenters. The van der Waals surface area contributed by atoms with Crippen molar-refractivity contribution < 1.29 is 9.59 Å². The largest absolute Gasteiger partial charge is 0.342 e. The zero-order valence-corrected chi connectivity index (χ0v) is 16.7. The molecule has 1 aromatic rings. The number of benzene rings is 1. The van der Waals surface area contributed by atoms with E-state index < -0.39 is 0 Å². The zero-order valence-electron chi connectivity index (χ0n) is 16.7. The fourth-order valence-corrected chi connectivity index (χ4v) is 4.14. The monoisotopic (exact) mass is 371 g/mol. The molecule has 2 aliphatic heterocycles. The summed E-state index contributed by atoms with van der Waals surface area (Å²) in [5.41, 5.74) is 2.11. The summed E-state index contributed by atoms with van der Waals surface area (Å²) in [4.78, 5) is 29.5. The smallest absolute Gasteiger partial charge is 0.241 e. The Morgan fingerprint density at radius 3 is 2.26 bits per heavy atom. The first-order valence-electron chi connectivity index (χ1n) is 10.5. The number of nitrogens with one attached hydrogen (secondary N) is 1. The van der Waals surface area contributed by atoms with Crippen LogP contribution in [0.1, 0.15) is 51.5 Å². The van der Waals surface area contributed by atoms with Gasteiger partial charge in [-0.2, -0.15) is 0 Å². The normalized spacial score (nSPS) is 20.3. The lowest BCUT2D eigenvalue weighted by Crippen LogP contribution is -2.49. The van der Waals surface area contributed by atoms with Crippen molar-refractivity contribution in [2.75, 3.05) is 31.5 Å². The number of aryl methyl sites for hydroxylation is 1. The molecule has 0 spiro atoms. The van der Waals surface area contributed by atoms with Crippen molar-refractivity contribution in [1.29, 1.82) is 0 Å². The third-order valence-electron chi connectivity index (χ3n) is 6.10. The van der Waals surface area contributed by atoms with E-state index in [1.807, 2.05) is 19.1 Å². The van der Waals surface area contributed by atoms with Crippen molar-refractivity contribution in [3.05, 3.63) is 29.8 Å². The highest BCUT2D eigenvalue weighted by Crippen LogP contribution is 2.23. The van der Waals surface area contributed by atoms with Gasteiger partial charge in [0.2, 0.25) is 11.8 Å². The Labute approximate surface area is 163 Å². The molecule has 2 saturated heterocycles. The molecule has 2 aliphatic rings. The molecule has 148 valence electrons. The van der Waals surface area contributed by atoms with Crippen LogP contribution in [0.5, 0.6) is 0 Å². The number of amides is 2. The fourth-order valence-electron chi connectivity index (χ4n) is 4.14. The maximum Gasteiger partial charge on any atom is 0.241 e. The van der Waals surface area contributed by atoms with E-state index in [0.717, 1.165) is 64.0 Å². The summed E-state index contributed by atoms with van der Waals surface area (Å²) >= 11 is 0. The summed E-state index contributed by atoms with van der Waals surface area (Å²) in [6.45, 7) is 7.56. The lowest BCUT2D eigenvalue weighted by molar-refractivity contribution is -0.138. The van der Waals surface area contributed by atoms with E-state index >= 15 is 0 Å². The summed E-state index contributed by atoms with van der Waals surface area (Å²) in [5.74, 6) is 0.499. The first-order chi connectivity index (χ1) is 13.1. The quantitative estimate of drug-likeness (QED) is 0.864. The summed E-state index contributed by atoms with van der Waals surface area (Å²) in [7, 11) is 0. The lowest BCUT2D eigenvalue weighted by Gasteiger charge is -2.37. The molecule has 1 aromatic carbocycles. The van der Waals surface area contributed by atoms with Gasteiger partial charge in [-0.3, -0.25) is 14.5 Å². The van der Waals surface area contributed by atoms with Crippen LogP contribution in [-0.2, 0) is 16.0 Å². The van der Waals surface area contributed by atoms with Gasteiger partial charge in [-0.05, 0) is 76.2 Å². The molecule has 0 aliphatic carbocycles. The molecule has 1 unspecified atom stereocenters. The van der Waals surface area contributed by atoms with Crippen molar-refractivity contribution in [2.45, 2.75) is 58.4 Å². The summed E-state index contributed by atoms with van der Waals surface area (Å²) < 4.78 is 0. The van der Waals surface area contributed by atoms with Crippen LogP contribution in [0.4, 0.5) is 5.69 Å². The Bertz CT molecular complexity index is 629. The van der Waals surface area contributed by atoms with Crippen LogP contribution in [0, 0.1) is 5.92 Å². The first-order valence-corrected chi connectivity index (χ1v) is 10.5. The van der Waals surface area contributed by atoms with Gasteiger partial charge in [-0.1, -0.05) is 19.1 Å². The Kier molecular flexibility index (Phi) is 6.89. The van der Waals surface area contributed by atoms with Crippen LogP contribution in [0.25, 0.3) is 0 Å². The highest BCUT2D eigenvalue weighted by atomic mass is 16.2. The summed E-state index contributed by atoms with van der Waals surface area (Å²) in [5, 5.41) is 3.02. The van der Waals surface area contributed by atoms with Gasteiger partial charge in [0.15, 0.2) is 0 Å². The molecule has 3 rings (SSSR count). The van der Waals surface area contributed by atoms with Gasteiger partial charge in [-0.15, -0.1) is 0 Å². The molecule has 5 heteroatoms. The number of hydrogen-bond acceptors (Lipinski definition) is 3. The molecule has 5 nitrogen and oxygen atoms in total. The maximum atomic E-state index is 12.7. The minimum Gasteiger partial charge on any atom is -0.342 e. The predicted octanol–water partition coefficient (Wildman–Crippen LogP) is 3.30. The van der Waals surface area contributed by atoms with Gasteiger partial charge in [0.25, 0.3) is 0 Å². The second-order valence-corrected chi connectivity index (χ2v) is 7.91. The molecule has 0 aromatic heterocycles. The Balaban J connectivity index is 1.47. The van der Waals surface area contributed by atoms with Crippen LogP contribution < -0.4 is 5.32 Å². The van der Waals surface area contributed by atoms with Gasteiger partial charge in [0.05, 0.1) is 6.04 Å². The van der Waals surface area contributed by atoms with E-state index in [1.54, 1.807) is 0 Å². The van der Waals surface area contributed by atoms with E-state index in [4.69, 9.17) is 0 Å². The van der Waals surface area contributed by atoms with Gasteiger partial charge < -0.3 is 10.2 Å². The molecule has 2 fully saturated rings. The Hall–Kier alpha value is -1.88. The maximum absolute atomic E-state index is 12.7. The van der Waals surface area contributed by atoms with Crippen LogP contribution >= 0.6 is 0 Å². The van der Waals surface area contributed by atoms with Gasteiger partial charge >= 0.3 is 0 Å². The van der Waals surface area contributed by atoms with E-state index in [1.165, 1.54) is 12.0 Å². The lowest BCUT2D eigenvalue weighted by atomic mass is 9.93. The minimum absolute atomic E-state index is 0.0278. The number of piperidine rings is 2. The fraction of sp³-hybridized carbons (Fsp3) is 0.636. The summed E-state index contributed by atoms with van der Waals surface area (Å²) in [6.07, 6.45) is 6.24. The number of nitrogens with zero attached hydrogens (tertiary/aromatic N) is 2. The molecule has 27 heavy (non-hydrogen) atoms. The topological polar surface area (TPSA) is 52.7 Å². The highest BCUT2D eigenvalue weighted by molar-refractivity contribution is 5.94. The third kappa shape index (κ3) is 5.10. The van der Waals surface area contributed by atoms with Gasteiger partial charge in [0.1, 0.15) is 0 Å². The van der Waals surface area contributed by atoms with E-state index in [2.05, 4.69) is 34.2 Å². The van der Waals surface area contributed by atoms with Crippen molar-refractivity contribution in [2.24, 2.45) is 5.92 Å².